The third-order valence-corrected chi connectivity index (χ3v) is 4.63. The van der Waals surface area contributed by atoms with E-state index in [9.17, 15) is 4.79 Å². The topological polar surface area (TPSA) is 38.8 Å². The highest BCUT2D eigenvalue weighted by atomic mass is 32.2. The average Bonchev–Trinajstić information content (AvgIpc) is 2.56. The van der Waals surface area contributed by atoms with Crippen LogP contribution in [0.25, 0.3) is 0 Å². The second-order valence-corrected chi connectivity index (χ2v) is 6.37. The Balaban J connectivity index is 2.13. The second-order valence-electron chi connectivity index (χ2n) is 5.20. The van der Waals surface area contributed by atoms with Crippen LogP contribution in [-0.2, 0) is 4.74 Å². The molecule has 1 aliphatic rings. The van der Waals surface area contributed by atoms with Gasteiger partial charge in [-0.25, -0.2) is 0 Å². The number of ether oxygens (including phenoxy) is 2. The fourth-order valence-electron chi connectivity index (χ4n) is 2.32. The van der Waals surface area contributed by atoms with Gasteiger partial charge in [0.05, 0.1) is 25.4 Å². The Bertz CT molecular complexity index is 487. The fourth-order valence-corrected chi connectivity index (χ4v) is 3.34. The number of hydrogen-bond acceptors (Lipinski definition) is 4. The predicted molar refractivity (Wildman–Crippen MR) is 90.0 cm³/mol. The SMILES string of the molecule is CCCCSc1ccc(C(=O)N2CCOCC2)c(OCC)c1. The molecule has 1 aliphatic heterocycles. The van der Waals surface area contributed by atoms with E-state index in [4.69, 9.17) is 9.47 Å². The van der Waals surface area contributed by atoms with E-state index in [-0.39, 0.29) is 5.91 Å². The summed E-state index contributed by atoms with van der Waals surface area (Å²) < 4.78 is 11.0. The summed E-state index contributed by atoms with van der Waals surface area (Å²) in [6.45, 7) is 7.22. The van der Waals surface area contributed by atoms with Crippen molar-refractivity contribution >= 4 is 17.7 Å². The van der Waals surface area contributed by atoms with Gasteiger partial charge in [-0.05, 0) is 37.3 Å². The van der Waals surface area contributed by atoms with E-state index >= 15 is 0 Å². The zero-order chi connectivity index (χ0) is 15.8. The first-order valence-corrected chi connectivity index (χ1v) is 9.01. The number of benzene rings is 1. The van der Waals surface area contributed by atoms with Crippen LogP contribution in [0.15, 0.2) is 23.1 Å². The maximum absolute atomic E-state index is 12.7. The Morgan fingerprint density at radius 3 is 2.77 bits per heavy atom. The van der Waals surface area contributed by atoms with Crippen molar-refractivity contribution in [1.82, 2.24) is 4.90 Å². The average molecular weight is 323 g/mol. The van der Waals surface area contributed by atoms with Crippen LogP contribution < -0.4 is 4.74 Å². The van der Waals surface area contributed by atoms with E-state index in [0.29, 0.717) is 44.2 Å². The van der Waals surface area contributed by atoms with Gasteiger partial charge >= 0.3 is 0 Å². The standard InChI is InChI=1S/C17H25NO3S/c1-3-5-12-22-14-6-7-15(16(13-14)21-4-2)17(19)18-8-10-20-11-9-18/h6-7,13H,3-5,8-12H2,1-2H3. The molecule has 0 aliphatic carbocycles. The van der Waals surface area contributed by atoms with Gasteiger partial charge in [0.15, 0.2) is 0 Å². The van der Waals surface area contributed by atoms with E-state index in [2.05, 4.69) is 6.92 Å². The lowest BCUT2D eigenvalue weighted by molar-refractivity contribution is 0.0300. The number of carbonyl (C=O) groups excluding carboxylic acids is 1. The number of hydrogen-bond donors (Lipinski definition) is 0. The van der Waals surface area contributed by atoms with Crippen LogP contribution in [0.1, 0.15) is 37.0 Å². The third-order valence-electron chi connectivity index (χ3n) is 3.55. The fraction of sp³-hybridized carbons (Fsp3) is 0.588. The maximum Gasteiger partial charge on any atom is 0.257 e. The Morgan fingerprint density at radius 1 is 1.32 bits per heavy atom. The lowest BCUT2D eigenvalue weighted by atomic mass is 10.1. The monoisotopic (exact) mass is 323 g/mol. The highest BCUT2D eigenvalue weighted by Gasteiger charge is 2.22. The molecule has 22 heavy (non-hydrogen) atoms. The van der Waals surface area contributed by atoms with Crippen LogP contribution in [0, 0.1) is 0 Å². The molecular weight excluding hydrogens is 298 g/mol. The second kappa shape index (κ2) is 9.06. The lowest BCUT2D eigenvalue weighted by Crippen LogP contribution is -2.40. The zero-order valence-corrected chi connectivity index (χ0v) is 14.3. The van der Waals surface area contributed by atoms with Crippen molar-refractivity contribution in [3.63, 3.8) is 0 Å². The Kier molecular flexibility index (Phi) is 7.06. The van der Waals surface area contributed by atoms with E-state index in [1.165, 1.54) is 12.8 Å². The first kappa shape index (κ1) is 17.2. The van der Waals surface area contributed by atoms with Crippen molar-refractivity contribution in [3.8, 4) is 5.75 Å². The van der Waals surface area contributed by atoms with Crippen molar-refractivity contribution < 1.29 is 14.3 Å². The molecule has 122 valence electrons. The molecule has 0 spiro atoms. The number of carbonyl (C=O) groups is 1. The summed E-state index contributed by atoms with van der Waals surface area (Å²) in [4.78, 5) is 15.7. The molecule has 0 N–H and O–H groups in total. The van der Waals surface area contributed by atoms with Crippen LogP contribution in [-0.4, -0.2) is 49.5 Å². The summed E-state index contributed by atoms with van der Waals surface area (Å²) in [6.07, 6.45) is 2.39. The normalized spacial score (nSPS) is 14.9. The minimum Gasteiger partial charge on any atom is -0.493 e. The molecule has 1 amide bonds. The summed E-state index contributed by atoms with van der Waals surface area (Å²) in [7, 11) is 0. The van der Waals surface area contributed by atoms with E-state index in [1.807, 2.05) is 41.8 Å². The Hall–Kier alpha value is -1.20. The molecule has 1 fully saturated rings. The van der Waals surface area contributed by atoms with Crippen LogP contribution in [0.2, 0.25) is 0 Å². The summed E-state index contributed by atoms with van der Waals surface area (Å²) in [5, 5.41) is 0. The van der Waals surface area contributed by atoms with Crippen molar-refractivity contribution in [3.05, 3.63) is 23.8 Å². The predicted octanol–water partition coefficient (Wildman–Crippen LogP) is 3.45. The molecule has 0 atom stereocenters. The number of thioether (sulfide) groups is 1. The highest BCUT2D eigenvalue weighted by Crippen LogP contribution is 2.28. The molecule has 5 heteroatoms. The molecule has 1 aromatic carbocycles. The van der Waals surface area contributed by atoms with Gasteiger partial charge in [-0.15, -0.1) is 11.8 Å². The number of rotatable bonds is 7. The number of morpholine rings is 1. The molecule has 0 bridgehead atoms. The van der Waals surface area contributed by atoms with Gasteiger partial charge in [-0.1, -0.05) is 13.3 Å². The number of amides is 1. The van der Waals surface area contributed by atoms with Gasteiger partial charge in [0.1, 0.15) is 5.75 Å². The molecule has 4 nitrogen and oxygen atoms in total. The summed E-state index contributed by atoms with van der Waals surface area (Å²) in [6, 6.07) is 5.92. The van der Waals surface area contributed by atoms with E-state index < -0.39 is 0 Å². The first-order valence-electron chi connectivity index (χ1n) is 8.03. The Morgan fingerprint density at radius 2 is 2.09 bits per heavy atom. The molecule has 0 aromatic heterocycles. The first-order chi connectivity index (χ1) is 10.8. The lowest BCUT2D eigenvalue weighted by Gasteiger charge is -2.27. The molecule has 1 saturated heterocycles. The van der Waals surface area contributed by atoms with E-state index in [1.54, 1.807) is 0 Å². The molecule has 0 saturated carbocycles. The van der Waals surface area contributed by atoms with Crippen molar-refractivity contribution in [1.29, 1.82) is 0 Å². The largest absolute Gasteiger partial charge is 0.493 e. The zero-order valence-electron chi connectivity index (χ0n) is 13.5. The number of nitrogens with zero attached hydrogens (tertiary/aromatic N) is 1. The summed E-state index contributed by atoms with van der Waals surface area (Å²) in [5.41, 5.74) is 0.656. The van der Waals surface area contributed by atoms with Crippen molar-refractivity contribution in [2.75, 3.05) is 38.7 Å². The molecular formula is C17H25NO3S. The quantitative estimate of drug-likeness (QED) is 0.569. The van der Waals surface area contributed by atoms with Crippen LogP contribution in [0.3, 0.4) is 0 Å². The molecule has 1 aromatic rings. The summed E-state index contributed by atoms with van der Waals surface area (Å²) >= 11 is 1.82. The Labute approximate surface area is 137 Å². The van der Waals surface area contributed by atoms with Crippen LogP contribution in [0.5, 0.6) is 5.75 Å². The van der Waals surface area contributed by atoms with Gasteiger partial charge in [-0.3, -0.25) is 4.79 Å². The maximum atomic E-state index is 12.7. The van der Waals surface area contributed by atoms with Crippen molar-refractivity contribution in [2.24, 2.45) is 0 Å². The van der Waals surface area contributed by atoms with Gasteiger partial charge in [0, 0.05) is 18.0 Å². The number of unbranched alkanes of at least 4 members (excludes halogenated alkanes) is 1. The minimum absolute atomic E-state index is 0.0388. The van der Waals surface area contributed by atoms with Gasteiger partial charge in [-0.2, -0.15) is 0 Å². The van der Waals surface area contributed by atoms with E-state index in [0.717, 1.165) is 10.6 Å². The van der Waals surface area contributed by atoms with Gasteiger partial charge < -0.3 is 14.4 Å². The molecule has 0 radical (unpaired) electrons. The smallest absolute Gasteiger partial charge is 0.257 e. The van der Waals surface area contributed by atoms with Gasteiger partial charge in [0.2, 0.25) is 0 Å². The highest BCUT2D eigenvalue weighted by molar-refractivity contribution is 7.99. The van der Waals surface area contributed by atoms with Crippen LogP contribution in [0.4, 0.5) is 0 Å². The van der Waals surface area contributed by atoms with Crippen LogP contribution >= 0.6 is 11.8 Å². The third kappa shape index (κ3) is 4.65. The summed E-state index contributed by atoms with van der Waals surface area (Å²) in [5.74, 6) is 1.83. The molecule has 2 rings (SSSR count). The molecule has 1 heterocycles. The van der Waals surface area contributed by atoms with Gasteiger partial charge in [0.25, 0.3) is 5.91 Å². The van der Waals surface area contributed by atoms with Crippen molar-refractivity contribution in [2.45, 2.75) is 31.6 Å². The minimum atomic E-state index is 0.0388. The molecule has 0 unspecified atom stereocenters.